The van der Waals surface area contributed by atoms with Gasteiger partial charge in [-0.25, -0.2) is 9.79 Å². The van der Waals surface area contributed by atoms with E-state index in [4.69, 9.17) is 14.5 Å². The van der Waals surface area contributed by atoms with Gasteiger partial charge in [0.25, 0.3) is 0 Å². The number of guanidine groups is 1. The number of nitrogens with one attached hydrogen (secondary N) is 1. The zero-order valence-electron chi connectivity index (χ0n) is 30.5. The summed E-state index contributed by atoms with van der Waals surface area (Å²) < 4.78 is 11.7. The summed E-state index contributed by atoms with van der Waals surface area (Å²) >= 11 is 0. The second-order valence-corrected chi connectivity index (χ2v) is 13.6. The summed E-state index contributed by atoms with van der Waals surface area (Å²) in [6, 6.07) is 34.1. The Labute approximate surface area is 312 Å². The first-order valence-electron chi connectivity index (χ1n) is 18.7. The molecule has 4 aromatic carbocycles. The van der Waals surface area contributed by atoms with Gasteiger partial charge in [0, 0.05) is 38.0 Å². The lowest BCUT2D eigenvalue weighted by atomic mass is 10.1. The largest absolute Gasteiger partial charge is 0.494 e. The molecular formula is C43H49N5O5. The second kappa shape index (κ2) is 18.7. The molecule has 1 aliphatic heterocycles. The molecule has 276 valence electrons. The maximum Gasteiger partial charge on any atom is 0.333 e. The van der Waals surface area contributed by atoms with E-state index < -0.39 is 12.0 Å². The lowest BCUT2D eigenvalue weighted by molar-refractivity contribution is -0.144. The maximum absolute atomic E-state index is 14.0. The zero-order chi connectivity index (χ0) is 36.8. The molecule has 1 heterocycles. The van der Waals surface area contributed by atoms with Crippen molar-refractivity contribution < 1.29 is 23.9 Å². The van der Waals surface area contributed by atoms with E-state index >= 15 is 0 Å². The minimum atomic E-state index is -0.430. The molecular weight excluding hydrogens is 667 g/mol. The first-order chi connectivity index (χ1) is 25.9. The number of urea groups is 1. The summed E-state index contributed by atoms with van der Waals surface area (Å²) in [5, 5.41) is 2.99. The first-order valence-corrected chi connectivity index (χ1v) is 18.7. The van der Waals surface area contributed by atoms with Crippen LogP contribution >= 0.6 is 0 Å². The molecule has 53 heavy (non-hydrogen) atoms. The minimum Gasteiger partial charge on any atom is -0.494 e. The van der Waals surface area contributed by atoms with Crippen LogP contribution in [0.4, 0.5) is 21.9 Å². The average Bonchev–Trinajstić information content (AvgIpc) is 3.48. The molecule has 6 rings (SSSR count). The molecule has 0 aromatic heterocycles. The molecule has 0 atom stereocenters. The molecule has 1 saturated carbocycles. The van der Waals surface area contributed by atoms with Gasteiger partial charge in [0.15, 0.2) is 0 Å². The van der Waals surface area contributed by atoms with Crippen molar-refractivity contribution in [3.05, 3.63) is 120 Å². The molecule has 0 unspecified atom stereocenters. The van der Waals surface area contributed by atoms with Crippen LogP contribution in [0.3, 0.4) is 0 Å². The molecule has 2 aliphatic rings. The van der Waals surface area contributed by atoms with Crippen molar-refractivity contribution in [2.24, 2.45) is 4.99 Å². The lowest BCUT2D eigenvalue weighted by Crippen LogP contribution is -2.50. The standard InChI is InChI=1S/C43H49N5O5/c1-46(35-18-9-2-3-10-19-35)40(49)24-15-28-52-38-25-26-39-34(30-38)31-47(32-41(50)53-29-27-33-16-7-4-8-17-33)42(44-39)45-43(51)48(36-20-11-5-12-21-36)37-22-13-6-14-23-37/h4-8,11-14,16-17,20-23,25-26,30,35H,2-3,9-10,15,18-19,24,27-29,31-32H2,1H3,(H,44,45,51). The third-order valence-electron chi connectivity index (χ3n) is 9.77. The van der Waals surface area contributed by atoms with Gasteiger partial charge >= 0.3 is 12.0 Å². The number of fused-ring (bicyclic) bond motifs is 1. The van der Waals surface area contributed by atoms with Crippen LogP contribution in [0, 0.1) is 0 Å². The van der Waals surface area contributed by atoms with Crippen LogP contribution in [-0.4, -0.2) is 66.5 Å². The van der Waals surface area contributed by atoms with E-state index in [0.29, 0.717) is 61.3 Å². The number of esters is 1. The summed E-state index contributed by atoms with van der Waals surface area (Å²) in [7, 11) is 1.94. The Morgan fingerprint density at radius 2 is 1.45 bits per heavy atom. The van der Waals surface area contributed by atoms with Crippen molar-refractivity contribution in [1.82, 2.24) is 15.1 Å². The average molecular weight is 716 g/mol. The van der Waals surface area contributed by atoms with Crippen molar-refractivity contribution in [1.29, 1.82) is 0 Å². The fourth-order valence-corrected chi connectivity index (χ4v) is 6.85. The molecule has 1 fully saturated rings. The number of hydrogen-bond donors (Lipinski definition) is 1. The van der Waals surface area contributed by atoms with Crippen LogP contribution in [0.1, 0.15) is 62.5 Å². The van der Waals surface area contributed by atoms with E-state index in [1.54, 1.807) is 9.80 Å². The molecule has 4 aromatic rings. The third kappa shape index (κ3) is 10.5. The Balaban J connectivity index is 1.13. The van der Waals surface area contributed by atoms with Gasteiger partial charge < -0.3 is 19.3 Å². The maximum atomic E-state index is 14.0. The Hall–Kier alpha value is -5.64. The number of hydrogen-bond acceptors (Lipinski definition) is 7. The first kappa shape index (κ1) is 37.1. The summed E-state index contributed by atoms with van der Waals surface area (Å²) in [6.07, 6.45) is 8.71. The lowest BCUT2D eigenvalue weighted by Gasteiger charge is -2.31. The number of aliphatic imine (C=N–C) groups is 1. The Kier molecular flexibility index (Phi) is 13.1. The van der Waals surface area contributed by atoms with Gasteiger partial charge in [-0.05, 0) is 67.3 Å². The van der Waals surface area contributed by atoms with Crippen molar-refractivity contribution in [2.75, 3.05) is 31.7 Å². The van der Waals surface area contributed by atoms with Crippen LogP contribution in [-0.2, 0) is 27.3 Å². The number of nitrogens with zero attached hydrogens (tertiary/aromatic N) is 4. The van der Waals surface area contributed by atoms with Gasteiger partial charge in [-0.2, -0.15) is 0 Å². The summed E-state index contributed by atoms with van der Waals surface area (Å²) in [6.45, 7) is 0.811. The quantitative estimate of drug-likeness (QED) is 0.0852. The monoisotopic (exact) mass is 715 g/mol. The highest BCUT2D eigenvalue weighted by Crippen LogP contribution is 2.31. The fraction of sp³-hybridized carbons (Fsp3) is 0.349. The van der Waals surface area contributed by atoms with E-state index in [1.807, 2.05) is 121 Å². The molecule has 10 heteroatoms. The summed E-state index contributed by atoms with van der Waals surface area (Å²) in [5.74, 6) is 0.629. The Morgan fingerprint density at radius 1 is 0.811 bits per heavy atom. The molecule has 1 N–H and O–H groups in total. The number of para-hydroxylation sites is 2. The van der Waals surface area contributed by atoms with Gasteiger partial charge in [-0.1, -0.05) is 92.4 Å². The van der Waals surface area contributed by atoms with Crippen LogP contribution in [0.2, 0.25) is 0 Å². The number of carbonyl (C=O) groups excluding carboxylic acids is 3. The van der Waals surface area contributed by atoms with E-state index in [0.717, 1.165) is 24.0 Å². The number of rotatable bonds is 13. The molecule has 1 aliphatic carbocycles. The molecule has 0 saturated heterocycles. The predicted octanol–water partition coefficient (Wildman–Crippen LogP) is 8.16. The van der Waals surface area contributed by atoms with Crippen molar-refractivity contribution in [2.45, 2.75) is 70.4 Å². The van der Waals surface area contributed by atoms with E-state index in [-0.39, 0.29) is 25.0 Å². The second-order valence-electron chi connectivity index (χ2n) is 13.6. The molecule has 0 bridgehead atoms. The fourth-order valence-electron chi connectivity index (χ4n) is 6.85. The highest BCUT2D eigenvalue weighted by molar-refractivity contribution is 6.09. The number of benzene rings is 4. The predicted molar refractivity (Wildman–Crippen MR) is 208 cm³/mol. The van der Waals surface area contributed by atoms with Crippen LogP contribution in [0.5, 0.6) is 5.75 Å². The van der Waals surface area contributed by atoms with Crippen LogP contribution in [0.25, 0.3) is 0 Å². The van der Waals surface area contributed by atoms with E-state index in [2.05, 4.69) is 5.32 Å². The van der Waals surface area contributed by atoms with Crippen LogP contribution in [0.15, 0.2) is 114 Å². The van der Waals surface area contributed by atoms with Crippen molar-refractivity contribution >= 4 is 40.9 Å². The smallest absolute Gasteiger partial charge is 0.333 e. The van der Waals surface area contributed by atoms with Gasteiger partial charge in [-0.3, -0.25) is 19.8 Å². The van der Waals surface area contributed by atoms with E-state index in [1.165, 1.54) is 25.7 Å². The molecule has 0 spiro atoms. The highest BCUT2D eigenvalue weighted by Gasteiger charge is 2.28. The minimum absolute atomic E-state index is 0.119. The number of amides is 3. The van der Waals surface area contributed by atoms with Gasteiger partial charge in [0.2, 0.25) is 11.9 Å². The van der Waals surface area contributed by atoms with E-state index in [9.17, 15) is 14.4 Å². The zero-order valence-corrected chi connectivity index (χ0v) is 30.5. The molecule has 3 amide bonds. The SMILES string of the molecule is CN(C(=O)CCCOc1ccc2c(c1)CN(CC(=O)OCCc1ccccc1)C(NC(=O)N(c1ccccc1)c1ccccc1)=N2)C1CCCCCC1. The Bertz CT molecular complexity index is 1790. The Morgan fingerprint density at radius 3 is 2.11 bits per heavy atom. The highest BCUT2D eigenvalue weighted by atomic mass is 16.5. The van der Waals surface area contributed by atoms with Gasteiger partial charge in [-0.15, -0.1) is 0 Å². The van der Waals surface area contributed by atoms with Crippen molar-refractivity contribution in [3.8, 4) is 5.75 Å². The summed E-state index contributed by atoms with van der Waals surface area (Å²) in [5.41, 5.74) is 3.93. The normalized spacial score (nSPS) is 14.3. The molecule has 0 radical (unpaired) electrons. The van der Waals surface area contributed by atoms with Gasteiger partial charge in [0.05, 0.1) is 30.3 Å². The van der Waals surface area contributed by atoms with Crippen LogP contribution < -0.4 is 15.0 Å². The number of ether oxygens (including phenoxy) is 2. The number of anilines is 2. The molecule has 10 nitrogen and oxygen atoms in total. The summed E-state index contributed by atoms with van der Waals surface area (Å²) in [4.78, 5) is 50.2. The van der Waals surface area contributed by atoms with Gasteiger partial charge in [0.1, 0.15) is 12.3 Å². The topological polar surface area (TPSA) is 104 Å². The van der Waals surface area contributed by atoms with Crippen molar-refractivity contribution in [3.63, 3.8) is 0 Å². The third-order valence-corrected chi connectivity index (χ3v) is 9.77. The number of carbonyl (C=O) groups is 3.